The molecule has 2 heterocycles. The van der Waals surface area contributed by atoms with Gasteiger partial charge in [0.05, 0.1) is 12.6 Å². The molecule has 1 amide bonds. The molecular formula is C15H17N3O3. The molecule has 6 nitrogen and oxygen atoms in total. The first-order valence-electron chi connectivity index (χ1n) is 6.84. The number of amides is 1. The highest BCUT2D eigenvalue weighted by molar-refractivity contribution is 5.70. The van der Waals surface area contributed by atoms with Crippen LogP contribution in [-0.2, 0) is 22.8 Å². The molecule has 1 aliphatic rings. The van der Waals surface area contributed by atoms with Crippen molar-refractivity contribution in [1.29, 1.82) is 0 Å². The van der Waals surface area contributed by atoms with Crippen molar-refractivity contribution in [2.75, 3.05) is 0 Å². The summed E-state index contributed by atoms with van der Waals surface area (Å²) in [5.41, 5.74) is 1.11. The number of rotatable bonds is 5. The maximum absolute atomic E-state index is 11.3. The second kappa shape index (κ2) is 5.97. The van der Waals surface area contributed by atoms with Crippen molar-refractivity contribution < 1.29 is 14.3 Å². The Morgan fingerprint density at radius 1 is 1.38 bits per heavy atom. The van der Waals surface area contributed by atoms with Gasteiger partial charge in [0, 0.05) is 12.4 Å². The van der Waals surface area contributed by atoms with Crippen molar-refractivity contribution in [2.24, 2.45) is 0 Å². The normalized spacial score (nSPS) is 21.1. The molecule has 1 aliphatic heterocycles. The van der Waals surface area contributed by atoms with Crippen LogP contribution in [0.5, 0.6) is 0 Å². The molecular weight excluding hydrogens is 270 g/mol. The minimum Gasteiger partial charge on any atom is -0.436 e. The predicted octanol–water partition coefficient (Wildman–Crippen LogP) is 2.23. The molecule has 6 heteroatoms. The van der Waals surface area contributed by atoms with E-state index in [0.29, 0.717) is 19.2 Å². The molecule has 2 atom stereocenters. The van der Waals surface area contributed by atoms with Gasteiger partial charge in [0.25, 0.3) is 0 Å². The Balaban J connectivity index is 1.62. The maximum atomic E-state index is 11.3. The van der Waals surface area contributed by atoms with Gasteiger partial charge in [0.15, 0.2) is 11.9 Å². The average molecular weight is 287 g/mol. The Labute approximate surface area is 122 Å². The fraction of sp³-hybridized carbons (Fsp3) is 0.333. The third-order valence-corrected chi connectivity index (χ3v) is 3.38. The van der Waals surface area contributed by atoms with Gasteiger partial charge in [0.2, 0.25) is 0 Å². The van der Waals surface area contributed by atoms with Crippen LogP contribution in [0.4, 0.5) is 4.79 Å². The van der Waals surface area contributed by atoms with Gasteiger partial charge in [-0.05, 0) is 12.5 Å². The minimum absolute atomic E-state index is 0.104. The van der Waals surface area contributed by atoms with E-state index in [9.17, 15) is 4.79 Å². The second-order valence-corrected chi connectivity index (χ2v) is 4.98. The number of nitrogens with zero attached hydrogens (tertiary/aromatic N) is 2. The molecule has 1 aromatic carbocycles. The van der Waals surface area contributed by atoms with Crippen LogP contribution in [-0.4, -0.2) is 21.7 Å². The third-order valence-electron chi connectivity index (χ3n) is 3.38. The Hall–Kier alpha value is -2.34. The van der Waals surface area contributed by atoms with Crippen LogP contribution in [0.1, 0.15) is 24.4 Å². The lowest BCUT2D eigenvalue weighted by Crippen LogP contribution is -2.25. The fourth-order valence-corrected chi connectivity index (χ4v) is 2.31. The van der Waals surface area contributed by atoms with E-state index >= 15 is 0 Å². The van der Waals surface area contributed by atoms with Crippen LogP contribution < -0.4 is 5.32 Å². The van der Waals surface area contributed by atoms with E-state index in [4.69, 9.17) is 9.47 Å². The van der Waals surface area contributed by atoms with Gasteiger partial charge < -0.3 is 19.4 Å². The highest BCUT2D eigenvalue weighted by Gasteiger charge is 2.34. The molecule has 21 heavy (non-hydrogen) atoms. The topological polar surface area (TPSA) is 65.4 Å². The SMILES string of the molecule is C[C@@H]1NC(=O)O[C@@H]1c1nccn1COCc1ccccc1. The molecule has 0 bridgehead atoms. The summed E-state index contributed by atoms with van der Waals surface area (Å²) in [6, 6.07) is 9.85. The summed E-state index contributed by atoms with van der Waals surface area (Å²) in [5.74, 6) is 0.689. The number of alkyl carbamates (subject to hydrolysis) is 1. The number of carbonyl (C=O) groups excluding carboxylic acids is 1. The summed E-state index contributed by atoms with van der Waals surface area (Å²) in [4.78, 5) is 15.5. The zero-order chi connectivity index (χ0) is 14.7. The highest BCUT2D eigenvalue weighted by Crippen LogP contribution is 2.24. The van der Waals surface area contributed by atoms with Crippen LogP contribution in [0.2, 0.25) is 0 Å². The van der Waals surface area contributed by atoms with Crippen LogP contribution in [0.3, 0.4) is 0 Å². The van der Waals surface area contributed by atoms with Crippen LogP contribution >= 0.6 is 0 Å². The number of hydrogen-bond acceptors (Lipinski definition) is 4. The van der Waals surface area contributed by atoms with Crippen molar-refractivity contribution in [3.05, 3.63) is 54.1 Å². The Bertz CT molecular complexity index is 612. The third kappa shape index (κ3) is 3.05. The molecule has 1 fully saturated rings. The monoisotopic (exact) mass is 287 g/mol. The van der Waals surface area contributed by atoms with Gasteiger partial charge in [-0.2, -0.15) is 0 Å². The lowest BCUT2D eigenvalue weighted by molar-refractivity contribution is 0.0542. The largest absolute Gasteiger partial charge is 0.436 e. The number of cyclic esters (lactones) is 1. The first kappa shape index (κ1) is 13.6. The highest BCUT2D eigenvalue weighted by atomic mass is 16.6. The summed E-state index contributed by atoms with van der Waals surface area (Å²) in [6.45, 7) is 2.78. The predicted molar refractivity (Wildman–Crippen MR) is 75.3 cm³/mol. The molecule has 0 radical (unpaired) electrons. The van der Waals surface area contributed by atoms with E-state index in [1.165, 1.54) is 0 Å². The smallest absolute Gasteiger partial charge is 0.408 e. The fourth-order valence-electron chi connectivity index (χ4n) is 2.31. The number of carbonyl (C=O) groups is 1. The Morgan fingerprint density at radius 3 is 2.90 bits per heavy atom. The summed E-state index contributed by atoms with van der Waals surface area (Å²) < 4.78 is 12.8. The molecule has 0 unspecified atom stereocenters. The van der Waals surface area contributed by atoms with E-state index < -0.39 is 6.09 Å². The van der Waals surface area contributed by atoms with E-state index in [2.05, 4.69) is 10.3 Å². The van der Waals surface area contributed by atoms with Crippen molar-refractivity contribution >= 4 is 6.09 Å². The molecule has 0 saturated carbocycles. The number of imidazole rings is 1. The standard InChI is InChI=1S/C15H17N3O3/c1-11-13(21-15(19)17-11)14-16-7-8-18(14)10-20-9-12-5-3-2-4-6-12/h2-8,11,13H,9-10H2,1H3,(H,17,19)/t11-,13-/m0/s1. The lowest BCUT2D eigenvalue weighted by Gasteiger charge is -2.15. The van der Waals surface area contributed by atoms with Crippen LogP contribution in [0.25, 0.3) is 0 Å². The maximum Gasteiger partial charge on any atom is 0.408 e. The van der Waals surface area contributed by atoms with Gasteiger partial charge >= 0.3 is 6.09 Å². The molecule has 0 spiro atoms. The van der Waals surface area contributed by atoms with E-state index in [1.54, 1.807) is 6.20 Å². The first-order valence-corrected chi connectivity index (χ1v) is 6.84. The summed E-state index contributed by atoms with van der Waals surface area (Å²) in [6.07, 6.45) is 2.71. The number of aromatic nitrogens is 2. The van der Waals surface area contributed by atoms with E-state index in [0.717, 1.165) is 5.56 Å². The zero-order valence-electron chi connectivity index (χ0n) is 11.7. The molecule has 1 saturated heterocycles. The number of benzene rings is 1. The zero-order valence-corrected chi connectivity index (χ0v) is 11.7. The Kier molecular flexibility index (Phi) is 3.87. The molecule has 1 aromatic heterocycles. The molecule has 3 rings (SSSR count). The van der Waals surface area contributed by atoms with E-state index in [-0.39, 0.29) is 12.1 Å². The van der Waals surface area contributed by atoms with Gasteiger partial charge in [-0.1, -0.05) is 30.3 Å². The summed E-state index contributed by atoms with van der Waals surface area (Å²) >= 11 is 0. The minimum atomic E-state index is -0.410. The molecule has 110 valence electrons. The molecule has 0 aliphatic carbocycles. The summed E-state index contributed by atoms with van der Waals surface area (Å²) in [5, 5.41) is 2.71. The van der Waals surface area contributed by atoms with Crippen molar-refractivity contribution in [3.63, 3.8) is 0 Å². The molecule has 2 aromatic rings. The van der Waals surface area contributed by atoms with Crippen LogP contribution in [0, 0.1) is 0 Å². The lowest BCUT2D eigenvalue weighted by atomic mass is 10.2. The van der Waals surface area contributed by atoms with E-state index in [1.807, 2.05) is 48.0 Å². The van der Waals surface area contributed by atoms with Gasteiger partial charge in [-0.15, -0.1) is 0 Å². The number of ether oxygens (including phenoxy) is 2. The first-order chi connectivity index (χ1) is 10.2. The summed E-state index contributed by atoms with van der Waals surface area (Å²) in [7, 11) is 0. The van der Waals surface area contributed by atoms with Crippen LogP contribution in [0.15, 0.2) is 42.7 Å². The van der Waals surface area contributed by atoms with Crippen molar-refractivity contribution in [2.45, 2.75) is 32.4 Å². The van der Waals surface area contributed by atoms with Gasteiger partial charge in [0.1, 0.15) is 6.73 Å². The van der Waals surface area contributed by atoms with Gasteiger partial charge in [-0.3, -0.25) is 0 Å². The number of hydrogen-bond donors (Lipinski definition) is 1. The average Bonchev–Trinajstić information content (AvgIpc) is 3.06. The quantitative estimate of drug-likeness (QED) is 0.915. The van der Waals surface area contributed by atoms with Gasteiger partial charge in [-0.25, -0.2) is 9.78 Å². The number of nitrogens with one attached hydrogen (secondary N) is 1. The van der Waals surface area contributed by atoms with Crippen molar-refractivity contribution in [3.8, 4) is 0 Å². The second-order valence-electron chi connectivity index (χ2n) is 4.98. The van der Waals surface area contributed by atoms with Crippen molar-refractivity contribution in [1.82, 2.24) is 14.9 Å². The molecule has 1 N–H and O–H groups in total. The Morgan fingerprint density at radius 2 is 2.19 bits per heavy atom.